The van der Waals surface area contributed by atoms with Crippen molar-refractivity contribution >= 4 is 60.5 Å². The van der Waals surface area contributed by atoms with Gasteiger partial charge in [-0.15, -0.1) is 0 Å². The van der Waals surface area contributed by atoms with Crippen molar-refractivity contribution in [3.63, 3.8) is 0 Å². The highest BCUT2D eigenvalue weighted by atomic mass is 16.3. The van der Waals surface area contributed by atoms with Crippen LogP contribution in [0.15, 0.2) is 265 Å². The van der Waals surface area contributed by atoms with E-state index in [2.05, 4.69) is 260 Å². The summed E-state index contributed by atoms with van der Waals surface area (Å²) in [5.74, 6) is 0. The Balaban J connectivity index is 1.04. The van der Waals surface area contributed by atoms with Gasteiger partial charge in [-0.1, -0.05) is 224 Å². The molecule has 71 heavy (non-hydrogen) atoms. The van der Waals surface area contributed by atoms with Crippen LogP contribution in [0.25, 0.3) is 99.1 Å². The number of fused-ring (bicyclic) bond motifs is 20. The first-order valence-corrected chi connectivity index (χ1v) is 24.6. The van der Waals surface area contributed by atoms with Gasteiger partial charge in [0, 0.05) is 33.3 Å². The minimum atomic E-state index is -0.712. The minimum Gasteiger partial charge on any atom is -0.455 e. The lowest BCUT2D eigenvalue weighted by atomic mass is 9.64. The van der Waals surface area contributed by atoms with Crippen molar-refractivity contribution in [2.75, 3.05) is 4.90 Å². The molecule has 330 valence electrons. The van der Waals surface area contributed by atoms with Crippen molar-refractivity contribution in [2.45, 2.75) is 5.41 Å². The van der Waals surface area contributed by atoms with Gasteiger partial charge in [-0.2, -0.15) is 0 Å². The Bertz CT molecular complexity index is 4290. The van der Waals surface area contributed by atoms with Crippen LogP contribution in [0.4, 0.5) is 17.1 Å². The lowest BCUT2D eigenvalue weighted by Gasteiger charge is -2.37. The molecular weight excluding hydrogens is 859 g/mol. The van der Waals surface area contributed by atoms with Crippen molar-refractivity contribution in [3.05, 3.63) is 283 Å². The Morgan fingerprint density at radius 3 is 1.56 bits per heavy atom. The summed E-state index contributed by atoms with van der Waals surface area (Å²) in [5.41, 5.74) is 21.5. The number of hydrogen-bond donors (Lipinski definition) is 0. The van der Waals surface area contributed by atoms with E-state index in [9.17, 15) is 0 Å². The standard InChI is InChI=1S/C69H43NO/c1-2-19-44(20-3-1)48-21-12-16-35-64(48)70(46-39-37-45(38-40-46)49-31-18-32-59-56-27-13-17-36-65(56)71-68(49)59)47-41-42-55-51-23-5-4-22-50(51)54-26-10-14-33-61(54)69(63(55)43-47)62-34-15-11-30-60(62)66-57-28-8-6-24-52(57)53-25-7-9-29-58(53)67(66)69/h1-43H. The zero-order chi connectivity index (χ0) is 46.6. The molecule has 0 fully saturated rings. The Morgan fingerprint density at radius 1 is 0.296 bits per heavy atom. The molecule has 0 bridgehead atoms. The molecule has 13 aromatic rings. The number of rotatable bonds is 5. The molecule has 0 radical (unpaired) electrons. The second-order valence-electron chi connectivity index (χ2n) is 19.0. The highest BCUT2D eigenvalue weighted by Crippen LogP contribution is 2.65. The summed E-state index contributed by atoms with van der Waals surface area (Å²) in [6.07, 6.45) is 0. The highest BCUT2D eigenvalue weighted by Gasteiger charge is 2.51. The lowest BCUT2D eigenvalue weighted by molar-refractivity contribution is 0.670. The summed E-state index contributed by atoms with van der Waals surface area (Å²) >= 11 is 0. The van der Waals surface area contributed by atoms with E-state index < -0.39 is 5.41 Å². The quantitative estimate of drug-likeness (QED) is 0.160. The number of anilines is 3. The third kappa shape index (κ3) is 5.65. The van der Waals surface area contributed by atoms with Gasteiger partial charge in [0.15, 0.2) is 0 Å². The summed E-state index contributed by atoms with van der Waals surface area (Å²) in [5, 5.41) is 7.35. The number of para-hydroxylation sites is 3. The molecule has 0 N–H and O–H groups in total. The van der Waals surface area contributed by atoms with Gasteiger partial charge in [0.25, 0.3) is 0 Å². The second-order valence-corrected chi connectivity index (χ2v) is 19.0. The van der Waals surface area contributed by atoms with Gasteiger partial charge in [0.2, 0.25) is 0 Å². The molecule has 1 unspecified atom stereocenters. The van der Waals surface area contributed by atoms with Gasteiger partial charge in [-0.25, -0.2) is 0 Å². The third-order valence-electron chi connectivity index (χ3n) is 15.5. The van der Waals surface area contributed by atoms with Gasteiger partial charge in [0.1, 0.15) is 11.2 Å². The number of furan rings is 1. The van der Waals surface area contributed by atoms with E-state index in [0.29, 0.717) is 0 Å². The molecule has 0 saturated carbocycles. The van der Waals surface area contributed by atoms with Crippen molar-refractivity contribution in [1.82, 2.24) is 0 Å². The average molecular weight is 902 g/mol. The van der Waals surface area contributed by atoms with Crippen LogP contribution in [0.5, 0.6) is 0 Å². The first kappa shape index (κ1) is 39.7. The lowest BCUT2D eigenvalue weighted by Crippen LogP contribution is -2.30. The molecule has 2 aliphatic rings. The predicted octanol–water partition coefficient (Wildman–Crippen LogP) is 18.7. The average Bonchev–Trinajstić information content (AvgIpc) is 3.97. The first-order valence-electron chi connectivity index (χ1n) is 24.6. The Labute approximate surface area is 412 Å². The summed E-state index contributed by atoms with van der Waals surface area (Å²) in [7, 11) is 0. The van der Waals surface area contributed by atoms with Gasteiger partial charge in [0.05, 0.1) is 11.1 Å². The second kappa shape index (κ2) is 15.4. The van der Waals surface area contributed by atoms with Crippen molar-refractivity contribution in [3.8, 4) is 55.6 Å². The Hall–Kier alpha value is -9.24. The van der Waals surface area contributed by atoms with Gasteiger partial charge >= 0.3 is 0 Å². The molecule has 2 aliphatic carbocycles. The Kier molecular flexibility index (Phi) is 8.61. The fourth-order valence-electron chi connectivity index (χ4n) is 12.6. The molecule has 1 spiro atoms. The molecule has 0 saturated heterocycles. The van der Waals surface area contributed by atoms with Crippen LogP contribution in [0.1, 0.15) is 22.3 Å². The zero-order valence-corrected chi connectivity index (χ0v) is 38.7. The topological polar surface area (TPSA) is 16.4 Å². The maximum Gasteiger partial charge on any atom is 0.143 e. The first-order chi connectivity index (χ1) is 35.3. The van der Waals surface area contributed by atoms with E-state index in [4.69, 9.17) is 4.42 Å². The van der Waals surface area contributed by atoms with E-state index in [1.807, 2.05) is 6.07 Å². The van der Waals surface area contributed by atoms with Crippen LogP contribution in [0, 0.1) is 0 Å². The normalized spacial score (nSPS) is 14.3. The molecular formula is C69H43NO. The molecule has 2 heteroatoms. The zero-order valence-electron chi connectivity index (χ0n) is 38.7. The molecule has 1 heterocycles. The van der Waals surface area contributed by atoms with Crippen molar-refractivity contribution in [1.29, 1.82) is 0 Å². The molecule has 1 atom stereocenters. The monoisotopic (exact) mass is 901 g/mol. The van der Waals surface area contributed by atoms with E-state index in [-0.39, 0.29) is 0 Å². The number of benzene rings is 12. The molecule has 0 aliphatic heterocycles. The van der Waals surface area contributed by atoms with Gasteiger partial charge in [-0.3, -0.25) is 0 Å². The van der Waals surface area contributed by atoms with Crippen LogP contribution in [0.2, 0.25) is 0 Å². The van der Waals surface area contributed by atoms with E-state index in [0.717, 1.165) is 61.3 Å². The predicted molar refractivity (Wildman–Crippen MR) is 296 cm³/mol. The fourth-order valence-corrected chi connectivity index (χ4v) is 12.6. The van der Waals surface area contributed by atoms with Crippen molar-refractivity contribution in [2.24, 2.45) is 0 Å². The van der Waals surface area contributed by atoms with E-state index in [1.54, 1.807) is 0 Å². The third-order valence-corrected chi connectivity index (χ3v) is 15.5. The minimum absolute atomic E-state index is 0.712. The molecule has 1 aromatic heterocycles. The molecule has 12 aromatic carbocycles. The summed E-state index contributed by atoms with van der Waals surface area (Å²) < 4.78 is 6.57. The van der Waals surface area contributed by atoms with Crippen LogP contribution in [0.3, 0.4) is 0 Å². The molecule has 15 rings (SSSR count). The van der Waals surface area contributed by atoms with Crippen LogP contribution in [-0.4, -0.2) is 0 Å². The van der Waals surface area contributed by atoms with E-state index in [1.165, 1.54) is 77.2 Å². The summed E-state index contributed by atoms with van der Waals surface area (Å²) in [6.45, 7) is 0. The van der Waals surface area contributed by atoms with Crippen LogP contribution in [-0.2, 0) is 5.41 Å². The van der Waals surface area contributed by atoms with E-state index >= 15 is 0 Å². The summed E-state index contributed by atoms with van der Waals surface area (Å²) in [4.78, 5) is 2.48. The number of nitrogens with zero attached hydrogens (tertiary/aromatic N) is 1. The van der Waals surface area contributed by atoms with Gasteiger partial charge < -0.3 is 9.32 Å². The van der Waals surface area contributed by atoms with Gasteiger partial charge in [-0.05, 0) is 125 Å². The van der Waals surface area contributed by atoms with Crippen LogP contribution >= 0.6 is 0 Å². The summed E-state index contributed by atoms with van der Waals surface area (Å²) in [6, 6.07) is 96.5. The van der Waals surface area contributed by atoms with Crippen molar-refractivity contribution < 1.29 is 4.42 Å². The maximum atomic E-state index is 6.57. The molecule has 2 nitrogen and oxygen atoms in total. The number of hydrogen-bond acceptors (Lipinski definition) is 2. The highest BCUT2D eigenvalue weighted by molar-refractivity contribution is 6.20. The van der Waals surface area contributed by atoms with Crippen LogP contribution < -0.4 is 4.90 Å². The Morgan fingerprint density at radius 2 is 0.803 bits per heavy atom. The largest absolute Gasteiger partial charge is 0.455 e. The molecule has 0 amide bonds. The fraction of sp³-hybridized carbons (Fsp3) is 0.0145. The SMILES string of the molecule is c1ccc(-c2ccccc2N(c2ccc(-c3cccc4c3oc3ccccc34)cc2)c2ccc3c(c2)C2(c4ccccc4-c4ccccc4-3)c3ccccc3-c3c2c2ccccc2c2ccccc32)cc1. The maximum absolute atomic E-state index is 6.57. The smallest absolute Gasteiger partial charge is 0.143 e.